The Morgan fingerprint density at radius 1 is 1.56 bits per heavy atom. The molecule has 0 aromatic heterocycles. The molecule has 1 aliphatic carbocycles. The maximum absolute atomic E-state index is 11.6. The highest BCUT2D eigenvalue weighted by atomic mass is 16.5. The van der Waals surface area contributed by atoms with Crippen molar-refractivity contribution in [2.75, 3.05) is 19.8 Å². The Balaban J connectivity index is 1.68. The normalized spacial score (nSPS) is 32.9. The Hall–Kier alpha value is -0.870. The van der Waals surface area contributed by atoms with Gasteiger partial charge in [0.05, 0.1) is 13.2 Å². The second-order valence-corrected chi connectivity index (χ2v) is 5.28. The molecule has 0 spiro atoms. The quantitative estimate of drug-likeness (QED) is 0.406. The van der Waals surface area contributed by atoms with E-state index in [4.69, 9.17) is 9.47 Å². The van der Waals surface area contributed by atoms with E-state index >= 15 is 0 Å². The van der Waals surface area contributed by atoms with Gasteiger partial charge in [-0.1, -0.05) is 6.08 Å². The van der Waals surface area contributed by atoms with Gasteiger partial charge in [0, 0.05) is 18.1 Å². The van der Waals surface area contributed by atoms with Gasteiger partial charge in [0.15, 0.2) is 0 Å². The predicted octanol–water partition coefficient (Wildman–Crippen LogP) is 1.65. The molecule has 0 bridgehead atoms. The van der Waals surface area contributed by atoms with Crippen LogP contribution in [-0.4, -0.2) is 37.9 Å². The lowest BCUT2D eigenvalue weighted by Gasteiger charge is -2.15. The molecule has 0 amide bonds. The monoisotopic (exact) mass is 253 g/mol. The molecule has 4 heteroatoms. The van der Waals surface area contributed by atoms with Crippen LogP contribution in [0.1, 0.15) is 32.6 Å². The molecule has 4 nitrogen and oxygen atoms in total. The first-order valence-electron chi connectivity index (χ1n) is 6.83. The Morgan fingerprint density at radius 2 is 2.39 bits per heavy atom. The molecule has 0 unspecified atom stereocenters. The Labute approximate surface area is 109 Å². The zero-order valence-corrected chi connectivity index (χ0v) is 11.1. The average Bonchev–Trinajstić information content (AvgIpc) is 2.91. The minimum absolute atomic E-state index is 0.115. The van der Waals surface area contributed by atoms with E-state index in [0.29, 0.717) is 12.6 Å². The topological polar surface area (TPSA) is 47.6 Å². The molecule has 0 aromatic carbocycles. The summed E-state index contributed by atoms with van der Waals surface area (Å²) in [5.41, 5.74) is 0.200. The first kappa shape index (κ1) is 13.6. The molecule has 1 N–H and O–H groups in total. The highest BCUT2D eigenvalue weighted by Crippen LogP contribution is 2.54. The van der Waals surface area contributed by atoms with Crippen molar-refractivity contribution in [1.29, 1.82) is 0 Å². The minimum atomic E-state index is -0.125. The summed E-state index contributed by atoms with van der Waals surface area (Å²) in [5.74, 6) is -0.115. The number of carbonyl (C=O) groups is 1. The molecular formula is C14H23NO3. The van der Waals surface area contributed by atoms with Crippen LogP contribution in [0.2, 0.25) is 0 Å². The fraction of sp³-hybridized carbons (Fsp3) is 0.786. The molecule has 18 heavy (non-hydrogen) atoms. The standard InChI is InChI=1S/C14H23NO3/c1-3-5-6-7-17-10-14-8-11(13(16)18-4-2)15-12(14)9-14/h3,11-12,15H,1,4-10H2,2H3/t11-,12-,14+/m0/s1. The van der Waals surface area contributed by atoms with Gasteiger partial charge in [0.25, 0.3) is 0 Å². The zero-order chi connectivity index (χ0) is 13.0. The predicted molar refractivity (Wildman–Crippen MR) is 69.3 cm³/mol. The zero-order valence-electron chi connectivity index (χ0n) is 11.1. The molecule has 2 aliphatic rings. The van der Waals surface area contributed by atoms with Gasteiger partial charge >= 0.3 is 5.97 Å². The summed E-state index contributed by atoms with van der Waals surface area (Å²) in [5, 5.41) is 3.33. The van der Waals surface area contributed by atoms with Crippen LogP contribution in [0.3, 0.4) is 0 Å². The largest absolute Gasteiger partial charge is 0.465 e. The van der Waals surface area contributed by atoms with Crippen LogP contribution in [0.4, 0.5) is 0 Å². The van der Waals surface area contributed by atoms with E-state index in [2.05, 4.69) is 11.9 Å². The number of allylic oxidation sites excluding steroid dienone is 1. The van der Waals surface area contributed by atoms with Crippen LogP contribution in [0.25, 0.3) is 0 Å². The van der Waals surface area contributed by atoms with Crippen LogP contribution in [-0.2, 0) is 14.3 Å². The first-order chi connectivity index (χ1) is 8.72. The summed E-state index contributed by atoms with van der Waals surface area (Å²) in [6.07, 6.45) is 5.93. The fourth-order valence-corrected chi connectivity index (χ4v) is 2.74. The molecule has 0 aromatic rings. The van der Waals surface area contributed by atoms with Gasteiger partial charge in [-0.2, -0.15) is 0 Å². The molecule has 2 rings (SSSR count). The van der Waals surface area contributed by atoms with Crippen molar-refractivity contribution in [3.05, 3.63) is 12.7 Å². The summed E-state index contributed by atoms with van der Waals surface area (Å²) >= 11 is 0. The number of ether oxygens (including phenoxy) is 2. The van der Waals surface area contributed by atoms with Crippen LogP contribution < -0.4 is 5.32 Å². The van der Waals surface area contributed by atoms with Crippen molar-refractivity contribution >= 4 is 5.97 Å². The van der Waals surface area contributed by atoms with Crippen molar-refractivity contribution in [2.45, 2.75) is 44.7 Å². The second kappa shape index (κ2) is 5.85. The lowest BCUT2D eigenvalue weighted by Crippen LogP contribution is -2.35. The van der Waals surface area contributed by atoms with Crippen molar-refractivity contribution in [2.24, 2.45) is 5.41 Å². The summed E-state index contributed by atoms with van der Waals surface area (Å²) in [4.78, 5) is 11.6. The lowest BCUT2D eigenvalue weighted by molar-refractivity contribution is -0.145. The van der Waals surface area contributed by atoms with Crippen molar-refractivity contribution in [3.8, 4) is 0 Å². The van der Waals surface area contributed by atoms with Gasteiger partial charge in [0.2, 0.25) is 0 Å². The summed E-state index contributed by atoms with van der Waals surface area (Å²) < 4.78 is 10.8. The molecule has 1 aliphatic heterocycles. The number of piperidine rings is 1. The third kappa shape index (κ3) is 2.93. The van der Waals surface area contributed by atoms with Crippen LogP contribution >= 0.6 is 0 Å². The molecule has 1 saturated carbocycles. The number of hydrogen-bond acceptors (Lipinski definition) is 4. The van der Waals surface area contributed by atoms with Crippen LogP contribution in [0.5, 0.6) is 0 Å². The van der Waals surface area contributed by atoms with Gasteiger partial charge in [-0.3, -0.25) is 4.79 Å². The third-order valence-corrected chi connectivity index (χ3v) is 3.86. The van der Waals surface area contributed by atoms with E-state index in [1.807, 2.05) is 13.0 Å². The van der Waals surface area contributed by atoms with Crippen molar-refractivity contribution < 1.29 is 14.3 Å². The van der Waals surface area contributed by atoms with Gasteiger partial charge < -0.3 is 14.8 Å². The summed E-state index contributed by atoms with van der Waals surface area (Å²) in [6.45, 7) is 7.52. The highest BCUT2D eigenvalue weighted by molar-refractivity contribution is 5.77. The van der Waals surface area contributed by atoms with E-state index in [1.54, 1.807) is 0 Å². The number of hydrogen-bond donors (Lipinski definition) is 1. The molecule has 3 atom stereocenters. The molecule has 1 saturated heterocycles. The number of rotatable bonds is 8. The van der Waals surface area contributed by atoms with E-state index < -0.39 is 0 Å². The molecule has 0 radical (unpaired) electrons. The summed E-state index contributed by atoms with van der Waals surface area (Å²) in [7, 11) is 0. The van der Waals surface area contributed by atoms with E-state index in [-0.39, 0.29) is 17.4 Å². The smallest absolute Gasteiger partial charge is 0.323 e. The maximum Gasteiger partial charge on any atom is 0.323 e. The maximum atomic E-state index is 11.6. The minimum Gasteiger partial charge on any atom is -0.465 e. The van der Waals surface area contributed by atoms with Gasteiger partial charge in [-0.25, -0.2) is 0 Å². The highest BCUT2D eigenvalue weighted by Gasteiger charge is 2.61. The molecule has 2 fully saturated rings. The Morgan fingerprint density at radius 3 is 3.11 bits per heavy atom. The number of carbonyl (C=O) groups excluding carboxylic acids is 1. The van der Waals surface area contributed by atoms with Crippen molar-refractivity contribution in [1.82, 2.24) is 5.32 Å². The number of unbranched alkanes of at least 4 members (excludes halogenated alkanes) is 1. The SMILES string of the molecule is C=CCCCOC[C@]12C[C@@H](C(=O)OCC)N[C@H]1C2. The van der Waals surface area contributed by atoms with E-state index in [1.165, 1.54) is 0 Å². The van der Waals surface area contributed by atoms with Gasteiger partial charge in [-0.05, 0) is 32.6 Å². The third-order valence-electron chi connectivity index (χ3n) is 3.86. The Bertz CT molecular complexity index is 318. The first-order valence-corrected chi connectivity index (χ1v) is 6.83. The molecule has 1 heterocycles. The van der Waals surface area contributed by atoms with E-state index in [9.17, 15) is 4.79 Å². The fourth-order valence-electron chi connectivity index (χ4n) is 2.74. The van der Waals surface area contributed by atoms with Crippen LogP contribution in [0, 0.1) is 5.41 Å². The van der Waals surface area contributed by atoms with Gasteiger partial charge in [0.1, 0.15) is 6.04 Å². The molecular weight excluding hydrogens is 230 g/mol. The number of esters is 1. The lowest BCUT2D eigenvalue weighted by atomic mass is 10.0. The van der Waals surface area contributed by atoms with Crippen LogP contribution in [0.15, 0.2) is 12.7 Å². The Kier molecular flexibility index (Phi) is 4.40. The average molecular weight is 253 g/mol. The second-order valence-electron chi connectivity index (χ2n) is 5.28. The number of nitrogens with one attached hydrogen (secondary N) is 1. The van der Waals surface area contributed by atoms with E-state index in [0.717, 1.165) is 38.9 Å². The number of fused-ring (bicyclic) bond motifs is 1. The van der Waals surface area contributed by atoms with Gasteiger partial charge in [-0.15, -0.1) is 6.58 Å². The van der Waals surface area contributed by atoms with Crippen molar-refractivity contribution in [3.63, 3.8) is 0 Å². The summed E-state index contributed by atoms with van der Waals surface area (Å²) in [6, 6.07) is 0.326. The molecule has 102 valence electrons.